The van der Waals surface area contributed by atoms with Gasteiger partial charge in [-0.2, -0.15) is 4.98 Å². The Balaban J connectivity index is 2.04. The van der Waals surface area contributed by atoms with Gasteiger partial charge in [0.15, 0.2) is 0 Å². The van der Waals surface area contributed by atoms with E-state index < -0.39 is 0 Å². The number of fused-ring (bicyclic) bond motifs is 1. The minimum Gasteiger partial charge on any atom is -0.467 e. The Bertz CT molecular complexity index is 798. The molecule has 1 aliphatic rings. The van der Waals surface area contributed by atoms with Crippen LogP contribution >= 0.6 is 0 Å². The third kappa shape index (κ3) is 3.14. The zero-order valence-electron chi connectivity index (χ0n) is 14.7. The van der Waals surface area contributed by atoms with Crippen LogP contribution in [-0.2, 0) is 4.79 Å². The summed E-state index contributed by atoms with van der Waals surface area (Å²) >= 11 is 0. The summed E-state index contributed by atoms with van der Waals surface area (Å²) in [5.41, 5.74) is 1.46. The number of methoxy groups -OCH3 is 1. The van der Waals surface area contributed by atoms with Crippen LogP contribution in [0.25, 0.3) is 0 Å². The van der Waals surface area contributed by atoms with Crippen molar-refractivity contribution in [3.05, 3.63) is 41.8 Å². The quantitative estimate of drug-likeness (QED) is 0.926. The monoisotopic (exact) mass is 344 g/mol. The average Bonchev–Trinajstić information content (AvgIpc) is 2.59. The molecular weight excluding hydrogens is 323 g/mol. The lowest BCUT2D eigenvalue weighted by atomic mass is 9.82. The van der Waals surface area contributed by atoms with Gasteiger partial charge in [0.05, 0.1) is 13.2 Å². The summed E-state index contributed by atoms with van der Waals surface area (Å²) in [5, 5.41) is 3.34. The van der Waals surface area contributed by atoms with Crippen LogP contribution in [0.1, 0.15) is 32.4 Å². The predicted octanol–water partition coefficient (Wildman–Crippen LogP) is 3.17. The Morgan fingerprint density at radius 2 is 2.08 bits per heavy atom. The second kappa shape index (κ2) is 6.66. The molecule has 0 spiro atoms. The molecule has 1 aromatic carbocycles. The van der Waals surface area contributed by atoms with E-state index in [0.29, 0.717) is 5.82 Å². The maximum Gasteiger partial charge on any atom is 0.318 e. The van der Waals surface area contributed by atoms with Gasteiger partial charge in [-0.25, -0.2) is 9.37 Å². The predicted molar refractivity (Wildman–Crippen MR) is 93.1 cm³/mol. The molecule has 1 aliphatic heterocycles. The van der Waals surface area contributed by atoms with Crippen molar-refractivity contribution in [3.8, 4) is 6.01 Å². The van der Waals surface area contributed by atoms with Crippen molar-refractivity contribution >= 4 is 17.4 Å². The zero-order valence-corrected chi connectivity index (χ0v) is 14.7. The lowest BCUT2D eigenvalue weighted by molar-refractivity contribution is -0.117. The van der Waals surface area contributed by atoms with Crippen LogP contribution in [0.15, 0.2) is 30.5 Å². The standard InChI is InChI=1S/C18H21FN4O2/c1-10-11(2)23(12(3)24)15-6-5-13(19)9-14(15)17(10)21-16-7-8-20-18(22-16)25-4/h5-11,17H,1-4H3,(H,20,21,22)/t10-,11-,17+/m0/s1. The van der Waals surface area contributed by atoms with Crippen LogP contribution in [0.4, 0.5) is 15.9 Å². The van der Waals surface area contributed by atoms with E-state index in [2.05, 4.69) is 15.3 Å². The molecule has 1 amide bonds. The molecule has 0 saturated carbocycles. The number of hydrogen-bond acceptors (Lipinski definition) is 5. The van der Waals surface area contributed by atoms with Gasteiger partial charge in [-0.1, -0.05) is 6.92 Å². The first-order chi connectivity index (χ1) is 11.9. The van der Waals surface area contributed by atoms with Gasteiger partial charge < -0.3 is 15.0 Å². The smallest absolute Gasteiger partial charge is 0.318 e. The maximum atomic E-state index is 13.9. The number of nitrogens with one attached hydrogen (secondary N) is 1. The summed E-state index contributed by atoms with van der Waals surface area (Å²) in [7, 11) is 1.50. The van der Waals surface area contributed by atoms with Gasteiger partial charge in [-0.15, -0.1) is 0 Å². The average molecular weight is 344 g/mol. The number of hydrogen-bond donors (Lipinski definition) is 1. The van der Waals surface area contributed by atoms with Crippen molar-refractivity contribution in [1.29, 1.82) is 0 Å². The number of rotatable bonds is 3. The Morgan fingerprint density at radius 3 is 2.76 bits per heavy atom. The Kier molecular flexibility index (Phi) is 4.57. The molecule has 0 radical (unpaired) electrons. The van der Waals surface area contributed by atoms with E-state index in [9.17, 15) is 9.18 Å². The van der Waals surface area contributed by atoms with Crippen LogP contribution in [0, 0.1) is 11.7 Å². The van der Waals surface area contributed by atoms with Crippen LogP contribution in [0.3, 0.4) is 0 Å². The van der Waals surface area contributed by atoms with E-state index in [1.54, 1.807) is 23.2 Å². The van der Waals surface area contributed by atoms with Crippen LogP contribution in [0.2, 0.25) is 0 Å². The molecule has 132 valence electrons. The molecule has 25 heavy (non-hydrogen) atoms. The number of carbonyl (C=O) groups excluding carboxylic acids is 1. The highest BCUT2D eigenvalue weighted by atomic mass is 19.1. The molecule has 3 atom stereocenters. The molecule has 0 saturated heterocycles. The van der Waals surface area contributed by atoms with E-state index in [1.165, 1.54) is 26.2 Å². The van der Waals surface area contributed by atoms with E-state index in [-0.39, 0.29) is 35.7 Å². The molecule has 0 bridgehead atoms. The maximum absolute atomic E-state index is 13.9. The number of benzene rings is 1. The van der Waals surface area contributed by atoms with E-state index in [4.69, 9.17) is 4.74 Å². The number of carbonyl (C=O) groups is 1. The highest BCUT2D eigenvalue weighted by molar-refractivity contribution is 5.93. The lowest BCUT2D eigenvalue weighted by Crippen LogP contribution is -2.48. The van der Waals surface area contributed by atoms with Crippen molar-refractivity contribution in [2.24, 2.45) is 5.92 Å². The third-order valence-electron chi connectivity index (χ3n) is 4.74. The highest BCUT2D eigenvalue weighted by Gasteiger charge is 2.38. The number of nitrogens with zero attached hydrogens (tertiary/aromatic N) is 3. The summed E-state index contributed by atoms with van der Waals surface area (Å²) in [6.45, 7) is 5.55. The first kappa shape index (κ1) is 17.1. The molecule has 0 aliphatic carbocycles. The molecule has 3 rings (SSSR count). The fourth-order valence-electron chi connectivity index (χ4n) is 3.35. The summed E-state index contributed by atoms with van der Waals surface area (Å²) in [6.07, 6.45) is 1.60. The van der Waals surface area contributed by atoms with Crippen LogP contribution < -0.4 is 15.0 Å². The van der Waals surface area contributed by atoms with Gasteiger partial charge in [-0.3, -0.25) is 4.79 Å². The van der Waals surface area contributed by atoms with Crippen molar-refractivity contribution < 1.29 is 13.9 Å². The summed E-state index contributed by atoms with van der Waals surface area (Å²) < 4.78 is 19.0. The first-order valence-electron chi connectivity index (χ1n) is 8.15. The molecule has 2 aromatic rings. The van der Waals surface area contributed by atoms with Gasteiger partial charge in [0.1, 0.15) is 11.6 Å². The minimum atomic E-state index is -0.337. The van der Waals surface area contributed by atoms with E-state index >= 15 is 0 Å². The van der Waals surface area contributed by atoms with Gasteiger partial charge in [-0.05, 0) is 31.2 Å². The summed E-state index contributed by atoms with van der Waals surface area (Å²) in [4.78, 5) is 22.1. The molecule has 0 unspecified atom stereocenters. The van der Waals surface area contributed by atoms with Crippen molar-refractivity contribution in [3.63, 3.8) is 0 Å². The highest BCUT2D eigenvalue weighted by Crippen LogP contribution is 2.42. The third-order valence-corrected chi connectivity index (χ3v) is 4.74. The normalized spacial score (nSPS) is 22.3. The molecule has 0 fully saturated rings. The van der Waals surface area contributed by atoms with E-state index in [0.717, 1.165) is 11.3 Å². The largest absolute Gasteiger partial charge is 0.467 e. The topological polar surface area (TPSA) is 67.3 Å². The molecule has 6 nitrogen and oxygen atoms in total. The summed E-state index contributed by atoms with van der Waals surface area (Å²) in [6, 6.07) is 6.25. The lowest BCUT2D eigenvalue weighted by Gasteiger charge is -2.44. The van der Waals surface area contributed by atoms with Gasteiger partial charge in [0, 0.05) is 36.3 Å². The molecule has 1 N–H and O–H groups in total. The molecule has 2 heterocycles. The number of anilines is 2. The van der Waals surface area contributed by atoms with Crippen LogP contribution in [0.5, 0.6) is 6.01 Å². The van der Waals surface area contributed by atoms with Crippen molar-refractivity contribution in [1.82, 2.24) is 9.97 Å². The first-order valence-corrected chi connectivity index (χ1v) is 8.15. The number of halogens is 1. The fraction of sp³-hybridized carbons (Fsp3) is 0.389. The van der Waals surface area contributed by atoms with Gasteiger partial charge in [0.2, 0.25) is 5.91 Å². The molecular formula is C18H21FN4O2. The fourth-order valence-corrected chi connectivity index (χ4v) is 3.35. The second-order valence-electron chi connectivity index (χ2n) is 6.24. The number of ether oxygens (including phenoxy) is 1. The second-order valence-corrected chi connectivity index (χ2v) is 6.24. The Morgan fingerprint density at radius 1 is 1.32 bits per heavy atom. The molecule has 1 aromatic heterocycles. The van der Waals surface area contributed by atoms with Crippen LogP contribution in [-0.4, -0.2) is 29.0 Å². The number of amides is 1. The van der Waals surface area contributed by atoms with Crippen molar-refractivity contribution in [2.75, 3.05) is 17.3 Å². The molecule has 7 heteroatoms. The Hall–Kier alpha value is -2.70. The zero-order chi connectivity index (χ0) is 18.1. The Labute approximate surface area is 146 Å². The number of aromatic nitrogens is 2. The minimum absolute atomic E-state index is 0.0409. The van der Waals surface area contributed by atoms with Crippen molar-refractivity contribution in [2.45, 2.75) is 32.9 Å². The van der Waals surface area contributed by atoms with Gasteiger partial charge >= 0.3 is 6.01 Å². The van der Waals surface area contributed by atoms with E-state index in [1.807, 2.05) is 13.8 Å². The van der Waals surface area contributed by atoms with Gasteiger partial charge in [0.25, 0.3) is 0 Å². The SMILES string of the molecule is COc1nccc(N[C@H]2c3cc(F)ccc3N(C(C)=O)[C@@H](C)[C@@H]2C)n1. The summed E-state index contributed by atoms with van der Waals surface area (Å²) in [5.74, 6) is 0.229.